The molecule has 3 aromatic rings. The van der Waals surface area contributed by atoms with E-state index in [9.17, 15) is 0 Å². The zero-order chi connectivity index (χ0) is 12.4. The molecule has 1 aromatic carbocycles. The predicted molar refractivity (Wildman–Crippen MR) is 72.8 cm³/mol. The van der Waals surface area contributed by atoms with E-state index >= 15 is 0 Å². The average molecular weight is 304 g/mol. The van der Waals surface area contributed by atoms with Crippen molar-refractivity contribution in [1.29, 1.82) is 0 Å². The third-order valence-electron chi connectivity index (χ3n) is 2.51. The van der Waals surface area contributed by atoms with Crippen LogP contribution in [0.15, 0.2) is 42.6 Å². The second-order valence-corrected chi connectivity index (χ2v) is 5.75. The number of aromatic nitrogens is 2. The Kier molecular flexibility index (Phi) is 3.00. The summed E-state index contributed by atoms with van der Waals surface area (Å²) in [5.74, 6) is 0.851. The Bertz CT molecular complexity index is 630. The third-order valence-corrected chi connectivity index (χ3v) is 4.38. The fourth-order valence-electron chi connectivity index (χ4n) is 1.62. The van der Waals surface area contributed by atoms with Crippen molar-refractivity contribution in [2.45, 2.75) is 0 Å². The molecule has 2 heterocycles. The molecule has 0 fully saturated rings. The molecule has 0 aliphatic rings. The number of rotatable bonds is 3. The van der Waals surface area contributed by atoms with Crippen LogP contribution in [0.3, 0.4) is 0 Å². The van der Waals surface area contributed by atoms with Gasteiger partial charge in [0.1, 0.15) is 0 Å². The molecule has 0 spiro atoms. The van der Waals surface area contributed by atoms with Gasteiger partial charge in [-0.3, -0.25) is 0 Å². The van der Waals surface area contributed by atoms with Gasteiger partial charge in [0.2, 0.25) is 0 Å². The molecule has 0 amide bonds. The number of hydrogen-bond acceptors (Lipinski definition) is 4. The van der Waals surface area contributed by atoms with E-state index < -0.39 is 0 Å². The van der Waals surface area contributed by atoms with E-state index in [0.29, 0.717) is 0 Å². The van der Waals surface area contributed by atoms with Gasteiger partial charge >= 0.3 is 110 Å². The van der Waals surface area contributed by atoms with Crippen molar-refractivity contribution in [3.63, 3.8) is 0 Å². The third kappa shape index (κ3) is 2.23. The maximum absolute atomic E-state index is 5.13. The molecular formula is C13H11N3OSe. The van der Waals surface area contributed by atoms with Crippen molar-refractivity contribution in [2.75, 3.05) is 12.4 Å². The van der Waals surface area contributed by atoms with E-state index in [4.69, 9.17) is 4.74 Å². The number of nitrogens with one attached hydrogen (secondary N) is 1. The molecular weight excluding hydrogens is 293 g/mol. The van der Waals surface area contributed by atoms with E-state index in [0.717, 1.165) is 26.0 Å². The van der Waals surface area contributed by atoms with Gasteiger partial charge in [0.15, 0.2) is 0 Å². The molecule has 0 atom stereocenters. The molecule has 0 saturated carbocycles. The summed E-state index contributed by atoms with van der Waals surface area (Å²) >= 11 is 0.163. The molecule has 2 aromatic heterocycles. The molecule has 0 bridgehead atoms. The van der Waals surface area contributed by atoms with Crippen molar-refractivity contribution in [1.82, 2.24) is 9.97 Å². The number of fused-ring (bicyclic) bond motifs is 1. The summed E-state index contributed by atoms with van der Waals surface area (Å²) in [4.78, 5) is 8.86. The number of ether oxygens (including phenoxy) is 1. The van der Waals surface area contributed by atoms with Gasteiger partial charge in [-0.2, -0.15) is 0 Å². The van der Waals surface area contributed by atoms with E-state index in [2.05, 4.69) is 15.3 Å². The fourth-order valence-corrected chi connectivity index (χ4v) is 3.36. The van der Waals surface area contributed by atoms with Gasteiger partial charge in [-0.1, -0.05) is 0 Å². The van der Waals surface area contributed by atoms with Crippen LogP contribution in [0.4, 0.5) is 10.4 Å². The molecule has 3 rings (SSSR count). The van der Waals surface area contributed by atoms with Crippen molar-refractivity contribution in [3.8, 4) is 5.75 Å². The SMILES string of the molecule is COc1ccc(Nc2nc3cccnc3[se]2)cc1. The molecule has 5 heteroatoms. The first-order valence-electron chi connectivity index (χ1n) is 5.48. The van der Waals surface area contributed by atoms with Gasteiger partial charge in [-0.25, -0.2) is 0 Å². The summed E-state index contributed by atoms with van der Waals surface area (Å²) in [7, 11) is 1.66. The predicted octanol–water partition coefficient (Wildman–Crippen LogP) is 2.44. The second kappa shape index (κ2) is 4.80. The Morgan fingerprint density at radius 3 is 2.72 bits per heavy atom. The Morgan fingerprint density at radius 1 is 1.17 bits per heavy atom. The van der Waals surface area contributed by atoms with Crippen molar-refractivity contribution < 1.29 is 4.74 Å². The second-order valence-electron chi connectivity index (χ2n) is 3.70. The topological polar surface area (TPSA) is 47.0 Å². The van der Waals surface area contributed by atoms with Crippen LogP contribution in [0.25, 0.3) is 9.91 Å². The van der Waals surface area contributed by atoms with Crippen LogP contribution in [0.5, 0.6) is 5.75 Å². The molecule has 1 N–H and O–H groups in total. The van der Waals surface area contributed by atoms with E-state index in [-0.39, 0.29) is 14.5 Å². The van der Waals surface area contributed by atoms with Crippen LogP contribution in [-0.4, -0.2) is 31.6 Å². The monoisotopic (exact) mass is 305 g/mol. The van der Waals surface area contributed by atoms with Crippen LogP contribution < -0.4 is 10.1 Å². The number of methoxy groups -OCH3 is 1. The number of anilines is 2. The zero-order valence-electron chi connectivity index (χ0n) is 9.75. The summed E-state index contributed by atoms with van der Waals surface area (Å²) in [6, 6.07) is 11.7. The minimum atomic E-state index is 0.163. The van der Waals surface area contributed by atoms with E-state index in [1.54, 1.807) is 7.11 Å². The van der Waals surface area contributed by atoms with Gasteiger partial charge in [0.25, 0.3) is 0 Å². The standard InChI is InChI=1S/C13H11N3OSe/c1-17-10-6-4-9(5-7-10)15-13-16-11-3-2-8-14-12(11)18-13/h2-8H,1H3,(H,15,16). The summed E-state index contributed by atoms with van der Waals surface area (Å²) < 4.78 is 7.20. The summed E-state index contributed by atoms with van der Waals surface area (Å²) in [6.07, 6.45) is 1.81. The first-order valence-corrected chi connectivity index (χ1v) is 7.19. The minimum absolute atomic E-state index is 0.163. The molecule has 0 radical (unpaired) electrons. The fraction of sp³-hybridized carbons (Fsp3) is 0.0769. The molecule has 0 unspecified atom stereocenters. The van der Waals surface area contributed by atoms with Gasteiger partial charge in [0, 0.05) is 0 Å². The molecule has 0 aliphatic heterocycles. The maximum atomic E-state index is 5.13. The van der Waals surface area contributed by atoms with Gasteiger partial charge < -0.3 is 0 Å². The van der Waals surface area contributed by atoms with E-state index in [1.165, 1.54) is 0 Å². The Labute approximate surface area is 110 Å². The molecule has 18 heavy (non-hydrogen) atoms. The van der Waals surface area contributed by atoms with Gasteiger partial charge in [-0.15, -0.1) is 0 Å². The van der Waals surface area contributed by atoms with Crippen LogP contribution >= 0.6 is 0 Å². The average Bonchev–Trinajstić information content (AvgIpc) is 2.82. The van der Waals surface area contributed by atoms with Crippen LogP contribution in [-0.2, 0) is 0 Å². The van der Waals surface area contributed by atoms with Crippen molar-refractivity contribution in [3.05, 3.63) is 42.6 Å². The number of benzene rings is 1. The van der Waals surface area contributed by atoms with Crippen molar-refractivity contribution in [2.24, 2.45) is 0 Å². The summed E-state index contributed by atoms with van der Waals surface area (Å²) in [5, 5.41) is 3.32. The molecule has 4 nitrogen and oxygen atoms in total. The molecule has 0 saturated heterocycles. The first-order chi connectivity index (χ1) is 8.85. The van der Waals surface area contributed by atoms with Crippen molar-refractivity contribution >= 4 is 34.8 Å². The van der Waals surface area contributed by atoms with Crippen LogP contribution in [0, 0.1) is 0 Å². The zero-order valence-corrected chi connectivity index (χ0v) is 11.5. The first kappa shape index (κ1) is 11.3. The Balaban J connectivity index is 1.86. The number of pyridine rings is 1. The van der Waals surface area contributed by atoms with Gasteiger partial charge in [-0.05, 0) is 0 Å². The Hall–Kier alpha value is -1.84. The molecule has 0 aliphatic carbocycles. The quantitative estimate of drug-likeness (QED) is 0.755. The van der Waals surface area contributed by atoms with Crippen LogP contribution in [0.2, 0.25) is 0 Å². The summed E-state index contributed by atoms with van der Waals surface area (Å²) in [6.45, 7) is 0. The normalized spacial score (nSPS) is 10.5. The summed E-state index contributed by atoms with van der Waals surface area (Å²) in [5.41, 5.74) is 2.00. The number of hydrogen-bond donors (Lipinski definition) is 1. The van der Waals surface area contributed by atoms with Gasteiger partial charge in [0.05, 0.1) is 0 Å². The van der Waals surface area contributed by atoms with Crippen LogP contribution in [0.1, 0.15) is 0 Å². The molecule has 90 valence electrons. The van der Waals surface area contributed by atoms with E-state index in [1.807, 2.05) is 42.6 Å². The Morgan fingerprint density at radius 2 is 2.00 bits per heavy atom. The number of nitrogens with zero attached hydrogens (tertiary/aromatic N) is 2.